The summed E-state index contributed by atoms with van der Waals surface area (Å²) in [7, 11) is 1.63. The van der Waals surface area contributed by atoms with Crippen LogP contribution in [-0.4, -0.2) is 73.4 Å². The molecule has 1 amide bonds. The Labute approximate surface area is 405 Å². The molecule has 3 N–H and O–H groups in total. The van der Waals surface area contributed by atoms with Crippen molar-refractivity contribution in [1.29, 1.82) is 0 Å². The molecule has 0 spiro atoms. The highest BCUT2D eigenvalue weighted by Gasteiger charge is 2.28. The number of nitrogens with one attached hydrogen (secondary N) is 1. The third-order valence-corrected chi connectivity index (χ3v) is 14.2. The van der Waals surface area contributed by atoms with Gasteiger partial charge in [0.05, 0.1) is 39.9 Å². The topological polar surface area (TPSA) is 105 Å². The van der Waals surface area contributed by atoms with Crippen LogP contribution in [0.1, 0.15) is 290 Å². The van der Waals surface area contributed by atoms with Gasteiger partial charge in [0.25, 0.3) is 0 Å². The third kappa shape index (κ3) is 50.9. The Bertz CT molecular complexity index is 1070. The summed E-state index contributed by atoms with van der Waals surface area (Å²) in [5.74, 6) is -0.144. The number of carbonyl (C=O) groups excluding carboxylic acids is 1. The molecule has 0 saturated heterocycles. The Morgan fingerprint density at radius 2 is 0.831 bits per heavy atom. The lowest BCUT2D eigenvalue weighted by Gasteiger charge is -2.26. The van der Waals surface area contributed by atoms with Crippen molar-refractivity contribution in [3.05, 3.63) is 12.2 Å². The van der Waals surface area contributed by atoms with Gasteiger partial charge in [-0.05, 0) is 38.5 Å². The summed E-state index contributed by atoms with van der Waals surface area (Å²) in [4.78, 5) is 23.3. The van der Waals surface area contributed by atoms with E-state index in [1.54, 1.807) is 0 Å². The number of nitrogens with zero attached hydrogens (tertiary/aromatic N) is 1. The number of carbonyl (C=O) groups is 1. The first kappa shape index (κ1) is 64.2. The van der Waals surface area contributed by atoms with Crippen molar-refractivity contribution in [1.82, 2.24) is 5.32 Å². The number of aliphatic hydroxyl groups excluding tert-OH is 1. The highest BCUT2D eigenvalue weighted by Crippen LogP contribution is 2.43. The van der Waals surface area contributed by atoms with Crippen LogP contribution in [-0.2, 0) is 18.4 Å². The fourth-order valence-electron chi connectivity index (χ4n) is 8.75. The minimum Gasteiger partial charge on any atom is -0.391 e. The molecule has 65 heavy (non-hydrogen) atoms. The molecule has 8 nitrogen and oxygen atoms in total. The lowest BCUT2D eigenvalue weighted by atomic mass is 10.0. The molecule has 0 aromatic heterocycles. The quantitative estimate of drug-likeness (QED) is 0.0243. The molecule has 0 saturated carbocycles. The average Bonchev–Trinajstić information content (AvgIpc) is 3.26. The molecule has 0 aromatic carbocycles. The second-order valence-electron chi connectivity index (χ2n) is 21.0. The zero-order chi connectivity index (χ0) is 47.8. The van der Waals surface area contributed by atoms with E-state index in [0.717, 1.165) is 38.5 Å². The number of phosphoric ester groups is 1. The van der Waals surface area contributed by atoms with Gasteiger partial charge < -0.3 is 19.8 Å². The van der Waals surface area contributed by atoms with E-state index < -0.39 is 20.0 Å². The molecular weight excluding hydrogens is 828 g/mol. The minimum absolute atomic E-state index is 0.0762. The average molecular weight is 943 g/mol. The van der Waals surface area contributed by atoms with Gasteiger partial charge >= 0.3 is 7.82 Å². The highest BCUT2D eigenvalue weighted by atomic mass is 31.2. The van der Waals surface area contributed by atoms with E-state index in [0.29, 0.717) is 23.9 Å². The minimum atomic E-state index is -4.32. The Hall–Kier alpha value is -0.760. The maximum Gasteiger partial charge on any atom is 0.472 e. The zero-order valence-electron chi connectivity index (χ0n) is 44.3. The predicted molar refractivity (Wildman–Crippen MR) is 282 cm³/mol. The van der Waals surface area contributed by atoms with Gasteiger partial charge in [-0.2, -0.15) is 0 Å². The first-order chi connectivity index (χ1) is 31.5. The van der Waals surface area contributed by atoms with Crippen LogP contribution in [0.5, 0.6) is 0 Å². The van der Waals surface area contributed by atoms with Crippen molar-refractivity contribution >= 4 is 13.7 Å². The summed E-state index contributed by atoms with van der Waals surface area (Å²) in [6.45, 7) is 4.93. The Morgan fingerprint density at radius 1 is 0.508 bits per heavy atom. The fraction of sp³-hybridized carbons (Fsp3) is 0.946. The molecule has 9 heteroatoms. The molecule has 0 heterocycles. The van der Waals surface area contributed by atoms with E-state index >= 15 is 0 Å². The van der Waals surface area contributed by atoms with E-state index in [9.17, 15) is 19.4 Å². The van der Waals surface area contributed by atoms with Crippen molar-refractivity contribution in [2.75, 3.05) is 40.9 Å². The molecule has 3 unspecified atom stereocenters. The molecule has 0 radical (unpaired) electrons. The maximum atomic E-state index is 13.0. The van der Waals surface area contributed by atoms with E-state index in [4.69, 9.17) is 9.05 Å². The van der Waals surface area contributed by atoms with Crippen molar-refractivity contribution in [2.24, 2.45) is 0 Å². The second-order valence-corrected chi connectivity index (χ2v) is 22.5. The molecule has 3 atom stereocenters. The molecule has 0 rings (SSSR count). The van der Waals surface area contributed by atoms with E-state index in [-0.39, 0.29) is 19.1 Å². The molecule has 0 aliphatic heterocycles. The molecular formula is C56H114N2O6P+. The van der Waals surface area contributed by atoms with Crippen LogP contribution in [0.4, 0.5) is 0 Å². The largest absolute Gasteiger partial charge is 0.472 e. The number of hydrogen-bond donors (Lipinski definition) is 3. The van der Waals surface area contributed by atoms with Crippen LogP contribution in [0.15, 0.2) is 12.2 Å². The molecule has 0 bridgehead atoms. The van der Waals surface area contributed by atoms with Gasteiger partial charge in [-0.3, -0.25) is 13.8 Å². The van der Waals surface area contributed by atoms with Crippen molar-refractivity contribution < 1.29 is 32.9 Å². The lowest BCUT2D eigenvalue weighted by Crippen LogP contribution is -2.46. The molecule has 0 aliphatic carbocycles. The molecule has 0 aromatic rings. The smallest absolute Gasteiger partial charge is 0.391 e. The zero-order valence-corrected chi connectivity index (χ0v) is 45.2. The van der Waals surface area contributed by atoms with E-state index in [2.05, 4.69) is 31.3 Å². The van der Waals surface area contributed by atoms with Crippen molar-refractivity contribution in [3.8, 4) is 0 Å². The summed E-state index contributed by atoms with van der Waals surface area (Å²) >= 11 is 0. The van der Waals surface area contributed by atoms with Gasteiger partial charge in [0, 0.05) is 6.42 Å². The van der Waals surface area contributed by atoms with Crippen LogP contribution < -0.4 is 5.32 Å². The van der Waals surface area contributed by atoms with Gasteiger partial charge in [-0.15, -0.1) is 0 Å². The highest BCUT2D eigenvalue weighted by molar-refractivity contribution is 7.47. The summed E-state index contributed by atoms with van der Waals surface area (Å²) < 4.78 is 23.8. The first-order valence-electron chi connectivity index (χ1n) is 28.6. The Balaban J connectivity index is 4.16. The number of quaternary nitrogens is 1. The number of aliphatic hydroxyl groups is 1. The molecule has 0 aliphatic rings. The van der Waals surface area contributed by atoms with Crippen LogP contribution >= 0.6 is 7.82 Å². The Morgan fingerprint density at radius 3 is 1.18 bits per heavy atom. The number of phosphoric acid groups is 1. The third-order valence-electron chi connectivity index (χ3n) is 13.3. The van der Waals surface area contributed by atoms with Gasteiger partial charge in [0.1, 0.15) is 13.2 Å². The monoisotopic (exact) mass is 942 g/mol. The summed E-state index contributed by atoms with van der Waals surface area (Å²) in [5.41, 5.74) is 0. The van der Waals surface area contributed by atoms with Crippen LogP contribution in [0.3, 0.4) is 0 Å². The van der Waals surface area contributed by atoms with Crippen molar-refractivity contribution in [2.45, 2.75) is 302 Å². The van der Waals surface area contributed by atoms with Gasteiger partial charge in [0.2, 0.25) is 5.91 Å². The van der Waals surface area contributed by atoms with Gasteiger partial charge in [-0.25, -0.2) is 4.57 Å². The second kappa shape index (κ2) is 48.3. The number of likely N-dealkylation sites (N-methyl/N-ethyl adjacent to an activating group) is 1. The SMILES string of the molecule is CCCCCCCCCC/C=C\CCCCCCCCCC(=O)NC(COP(=O)(O)OCC[N+](C)(C)C)C(O)CCCCCCCCCCCCCCCCCCCCCCCCCC. The van der Waals surface area contributed by atoms with Crippen LogP contribution in [0.25, 0.3) is 0 Å². The van der Waals surface area contributed by atoms with E-state index in [1.807, 2.05) is 21.1 Å². The molecule has 388 valence electrons. The Kier molecular flexibility index (Phi) is 47.7. The molecule has 0 fully saturated rings. The number of allylic oxidation sites excluding steroid dienone is 2. The standard InChI is InChI=1S/C56H113N2O6P/c1-6-8-10-12-14-16-18-20-22-24-26-27-28-29-30-32-33-35-37-39-41-43-45-47-49-55(59)54(53-64-65(61,62)63-52-51-58(3,4)5)57-56(60)50-48-46-44-42-40-38-36-34-31-25-23-21-19-17-15-13-11-9-7-2/h25,31,54-55,59H,6-24,26-30,32-53H2,1-5H3,(H-,57,60,61,62)/p+1/b31-25-. The predicted octanol–water partition coefficient (Wildman–Crippen LogP) is 17.0. The van der Waals surface area contributed by atoms with Gasteiger partial charge in [0.15, 0.2) is 0 Å². The number of rotatable bonds is 53. The number of unbranched alkanes of at least 4 members (excludes halogenated alkanes) is 38. The first-order valence-corrected chi connectivity index (χ1v) is 30.0. The fourth-order valence-corrected chi connectivity index (χ4v) is 9.49. The van der Waals surface area contributed by atoms with E-state index in [1.165, 1.54) is 225 Å². The summed E-state index contributed by atoms with van der Waals surface area (Å²) in [6.07, 6.45) is 58.3. The summed E-state index contributed by atoms with van der Waals surface area (Å²) in [5, 5.41) is 14.1. The number of amides is 1. The summed E-state index contributed by atoms with van der Waals surface area (Å²) in [6, 6.07) is -0.760. The number of hydrogen-bond acceptors (Lipinski definition) is 5. The van der Waals surface area contributed by atoms with Crippen LogP contribution in [0, 0.1) is 0 Å². The van der Waals surface area contributed by atoms with Crippen LogP contribution in [0.2, 0.25) is 0 Å². The maximum absolute atomic E-state index is 13.0. The van der Waals surface area contributed by atoms with Gasteiger partial charge in [-0.1, -0.05) is 257 Å². The van der Waals surface area contributed by atoms with Crippen molar-refractivity contribution in [3.63, 3.8) is 0 Å². The normalized spacial score (nSPS) is 14.0. The lowest BCUT2D eigenvalue weighted by molar-refractivity contribution is -0.870.